The Morgan fingerprint density at radius 1 is 1.35 bits per heavy atom. The van der Waals surface area contributed by atoms with Crippen molar-refractivity contribution in [1.29, 1.82) is 0 Å². The van der Waals surface area contributed by atoms with E-state index in [1.807, 2.05) is 0 Å². The van der Waals surface area contributed by atoms with E-state index in [0.29, 0.717) is 5.56 Å². The first-order valence-electron chi connectivity index (χ1n) is 6.76. The fourth-order valence-electron chi connectivity index (χ4n) is 2.28. The summed E-state index contributed by atoms with van der Waals surface area (Å²) in [5.41, 5.74) is -0.127. The second-order valence-electron chi connectivity index (χ2n) is 6.16. The van der Waals surface area contributed by atoms with E-state index in [1.54, 1.807) is 39.0 Å². The van der Waals surface area contributed by atoms with Crippen LogP contribution in [0, 0.1) is 16.0 Å². The molecule has 1 atom stereocenters. The van der Waals surface area contributed by atoms with Gasteiger partial charge in [0.2, 0.25) is 0 Å². The molecule has 1 aromatic rings. The van der Waals surface area contributed by atoms with Crippen molar-refractivity contribution >= 4 is 11.7 Å². The van der Waals surface area contributed by atoms with E-state index in [2.05, 4.69) is 0 Å². The molecule has 1 unspecified atom stereocenters. The van der Waals surface area contributed by atoms with Gasteiger partial charge >= 0.3 is 5.97 Å². The normalized spacial score (nSPS) is 16.6. The first kappa shape index (κ1) is 14.5. The fourth-order valence-corrected chi connectivity index (χ4v) is 2.28. The molecule has 1 saturated carbocycles. The molecular weight excluding hydrogens is 258 g/mol. The highest BCUT2D eigenvalue weighted by Gasteiger charge is 2.42. The van der Waals surface area contributed by atoms with E-state index in [0.717, 1.165) is 12.8 Å². The summed E-state index contributed by atoms with van der Waals surface area (Å²) in [4.78, 5) is 23.1. The number of benzene rings is 1. The third kappa shape index (κ3) is 3.35. The lowest BCUT2D eigenvalue weighted by Gasteiger charge is -2.24. The fraction of sp³-hybridized carbons (Fsp3) is 0.533. The lowest BCUT2D eigenvalue weighted by atomic mass is 9.92. The zero-order valence-corrected chi connectivity index (χ0v) is 12.0. The maximum Gasteiger partial charge on any atom is 0.314 e. The van der Waals surface area contributed by atoms with Crippen LogP contribution in [0.5, 0.6) is 0 Å². The highest BCUT2D eigenvalue weighted by Crippen LogP contribution is 2.46. The molecule has 5 heteroatoms. The van der Waals surface area contributed by atoms with E-state index in [9.17, 15) is 14.9 Å². The monoisotopic (exact) mass is 277 g/mol. The van der Waals surface area contributed by atoms with Gasteiger partial charge in [0.1, 0.15) is 5.60 Å². The van der Waals surface area contributed by atoms with Gasteiger partial charge in [-0.3, -0.25) is 14.9 Å². The molecule has 0 heterocycles. The summed E-state index contributed by atoms with van der Waals surface area (Å²) < 4.78 is 5.43. The molecule has 20 heavy (non-hydrogen) atoms. The smallest absolute Gasteiger partial charge is 0.314 e. The standard InChI is InChI=1S/C15H19NO4/c1-15(2,3)20-14(17)13(10-8-9-10)11-6-4-5-7-12(11)16(18)19/h4-7,10,13H,8-9H2,1-3H3. The van der Waals surface area contributed by atoms with Crippen molar-refractivity contribution in [1.82, 2.24) is 0 Å². The molecule has 0 aliphatic heterocycles. The second-order valence-corrected chi connectivity index (χ2v) is 6.16. The van der Waals surface area contributed by atoms with Crippen molar-refractivity contribution in [2.45, 2.75) is 45.1 Å². The summed E-state index contributed by atoms with van der Waals surface area (Å²) >= 11 is 0. The van der Waals surface area contributed by atoms with Gasteiger partial charge in [0, 0.05) is 11.6 Å². The number of nitro benzene ring substituents is 1. The highest BCUT2D eigenvalue weighted by molar-refractivity contribution is 5.81. The van der Waals surface area contributed by atoms with Crippen LogP contribution in [0.4, 0.5) is 5.69 Å². The Balaban J connectivity index is 2.35. The molecule has 5 nitrogen and oxygen atoms in total. The maximum atomic E-state index is 12.4. The van der Waals surface area contributed by atoms with Gasteiger partial charge in [0.25, 0.3) is 5.69 Å². The van der Waals surface area contributed by atoms with Crippen molar-refractivity contribution < 1.29 is 14.5 Å². The quantitative estimate of drug-likeness (QED) is 0.480. The number of hydrogen-bond acceptors (Lipinski definition) is 4. The Bertz CT molecular complexity index is 529. The Morgan fingerprint density at radius 3 is 2.45 bits per heavy atom. The number of nitro groups is 1. The Morgan fingerprint density at radius 2 is 1.95 bits per heavy atom. The predicted molar refractivity (Wildman–Crippen MR) is 74.4 cm³/mol. The molecule has 0 N–H and O–H groups in total. The predicted octanol–water partition coefficient (Wildman–Crippen LogP) is 3.43. The molecule has 2 rings (SSSR count). The van der Waals surface area contributed by atoms with Crippen LogP contribution < -0.4 is 0 Å². The first-order chi connectivity index (χ1) is 9.29. The molecule has 0 amide bonds. The van der Waals surface area contributed by atoms with Crippen LogP contribution in [0.2, 0.25) is 0 Å². The number of carbonyl (C=O) groups excluding carboxylic acids is 1. The van der Waals surface area contributed by atoms with Crippen molar-refractivity contribution in [3.8, 4) is 0 Å². The van der Waals surface area contributed by atoms with E-state index < -0.39 is 16.4 Å². The van der Waals surface area contributed by atoms with Gasteiger partial charge in [-0.1, -0.05) is 18.2 Å². The van der Waals surface area contributed by atoms with E-state index in [4.69, 9.17) is 4.74 Å². The zero-order valence-electron chi connectivity index (χ0n) is 12.0. The van der Waals surface area contributed by atoms with Crippen LogP contribution in [0.15, 0.2) is 24.3 Å². The van der Waals surface area contributed by atoms with Crippen LogP contribution in [-0.4, -0.2) is 16.5 Å². The van der Waals surface area contributed by atoms with E-state index in [1.165, 1.54) is 6.07 Å². The Hall–Kier alpha value is -1.91. The minimum atomic E-state index is -0.590. The number of nitrogens with zero attached hydrogens (tertiary/aromatic N) is 1. The van der Waals surface area contributed by atoms with Gasteiger partial charge in [0.05, 0.1) is 10.8 Å². The van der Waals surface area contributed by atoms with Gasteiger partial charge in [-0.05, 0) is 39.5 Å². The molecule has 0 radical (unpaired) electrons. The van der Waals surface area contributed by atoms with E-state index in [-0.39, 0.29) is 17.6 Å². The van der Waals surface area contributed by atoms with Crippen molar-refractivity contribution in [3.05, 3.63) is 39.9 Å². The number of carbonyl (C=O) groups is 1. The van der Waals surface area contributed by atoms with Gasteiger partial charge in [-0.15, -0.1) is 0 Å². The summed E-state index contributed by atoms with van der Waals surface area (Å²) in [6.07, 6.45) is 1.83. The van der Waals surface area contributed by atoms with Crippen LogP contribution in [-0.2, 0) is 9.53 Å². The highest BCUT2D eigenvalue weighted by atomic mass is 16.6. The summed E-state index contributed by atoms with van der Waals surface area (Å²) in [5.74, 6) is -0.740. The van der Waals surface area contributed by atoms with Crippen molar-refractivity contribution in [3.63, 3.8) is 0 Å². The van der Waals surface area contributed by atoms with Gasteiger partial charge in [0.15, 0.2) is 0 Å². The minimum absolute atomic E-state index is 0.00439. The van der Waals surface area contributed by atoms with Crippen LogP contribution in [0.1, 0.15) is 45.1 Å². The minimum Gasteiger partial charge on any atom is -0.459 e. The number of esters is 1. The molecule has 1 fully saturated rings. The van der Waals surface area contributed by atoms with E-state index >= 15 is 0 Å². The molecule has 0 bridgehead atoms. The molecule has 1 aromatic carbocycles. The van der Waals surface area contributed by atoms with Crippen molar-refractivity contribution in [2.75, 3.05) is 0 Å². The molecular formula is C15H19NO4. The topological polar surface area (TPSA) is 69.4 Å². The van der Waals surface area contributed by atoms with Gasteiger partial charge in [-0.25, -0.2) is 0 Å². The second kappa shape index (κ2) is 5.23. The van der Waals surface area contributed by atoms with Crippen molar-refractivity contribution in [2.24, 2.45) is 5.92 Å². The summed E-state index contributed by atoms with van der Waals surface area (Å²) in [6, 6.07) is 6.43. The van der Waals surface area contributed by atoms with Crippen LogP contribution >= 0.6 is 0 Å². The van der Waals surface area contributed by atoms with Gasteiger partial charge in [-0.2, -0.15) is 0 Å². The maximum absolute atomic E-state index is 12.4. The number of hydrogen-bond donors (Lipinski definition) is 0. The molecule has 0 aromatic heterocycles. The summed E-state index contributed by atoms with van der Waals surface area (Å²) in [7, 11) is 0. The van der Waals surface area contributed by atoms with Gasteiger partial charge < -0.3 is 4.74 Å². The Labute approximate surface area is 118 Å². The van der Waals surface area contributed by atoms with Crippen LogP contribution in [0.25, 0.3) is 0 Å². The average Bonchev–Trinajstić information content (AvgIpc) is 3.11. The number of rotatable bonds is 4. The summed E-state index contributed by atoms with van der Waals surface area (Å²) in [5, 5.41) is 11.1. The first-order valence-corrected chi connectivity index (χ1v) is 6.76. The van der Waals surface area contributed by atoms with Crippen LogP contribution in [0.3, 0.4) is 0 Å². The SMILES string of the molecule is CC(C)(C)OC(=O)C(c1ccccc1[N+](=O)[O-])C1CC1. The third-order valence-corrected chi connectivity index (χ3v) is 3.22. The Kier molecular flexibility index (Phi) is 3.79. The third-order valence-electron chi connectivity index (χ3n) is 3.22. The summed E-state index contributed by atoms with van der Waals surface area (Å²) in [6.45, 7) is 5.40. The molecule has 0 spiro atoms. The zero-order chi connectivity index (χ0) is 14.9. The molecule has 108 valence electrons. The molecule has 0 saturated heterocycles. The largest absolute Gasteiger partial charge is 0.459 e. The molecule has 1 aliphatic rings. The molecule has 1 aliphatic carbocycles. The lowest BCUT2D eigenvalue weighted by Crippen LogP contribution is -2.29. The lowest BCUT2D eigenvalue weighted by molar-refractivity contribution is -0.385. The average molecular weight is 277 g/mol. The number of para-hydroxylation sites is 1. The number of ether oxygens (including phenoxy) is 1.